The van der Waals surface area contributed by atoms with Crippen LogP contribution in [0.15, 0.2) is 48.5 Å². The highest BCUT2D eigenvalue weighted by molar-refractivity contribution is 6.30. The summed E-state index contributed by atoms with van der Waals surface area (Å²) >= 11 is 5.90. The van der Waals surface area contributed by atoms with Crippen molar-refractivity contribution in [3.8, 4) is 5.75 Å². The Bertz CT molecular complexity index is 788. The molecular weight excluding hydrogens is 370 g/mol. The summed E-state index contributed by atoms with van der Waals surface area (Å²) in [5, 5.41) is 11.4. The molecule has 1 saturated heterocycles. The van der Waals surface area contributed by atoms with E-state index in [1.54, 1.807) is 4.90 Å². The molecule has 3 rings (SSSR count). The molecule has 27 heavy (non-hydrogen) atoms. The molecule has 0 atom stereocenters. The smallest absolute Gasteiger partial charge is 0.269 e. The van der Waals surface area contributed by atoms with Gasteiger partial charge in [-0.15, -0.1) is 0 Å². The lowest BCUT2D eigenvalue weighted by Gasteiger charge is -2.34. The minimum absolute atomic E-state index is 0.00881. The van der Waals surface area contributed by atoms with Gasteiger partial charge in [-0.25, -0.2) is 0 Å². The number of nitrogens with zero attached hydrogens (tertiary/aromatic N) is 3. The van der Waals surface area contributed by atoms with Crippen molar-refractivity contribution in [2.45, 2.75) is 6.54 Å². The van der Waals surface area contributed by atoms with E-state index in [2.05, 4.69) is 4.90 Å². The molecule has 0 saturated carbocycles. The van der Waals surface area contributed by atoms with Gasteiger partial charge in [-0.3, -0.25) is 19.8 Å². The number of amides is 1. The van der Waals surface area contributed by atoms with Crippen LogP contribution in [-0.2, 0) is 11.3 Å². The van der Waals surface area contributed by atoms with Gasteiger partial charge in [-0.05, 0) is 29.8 Å². The van der Waals surface area contributed by atoms with Crippen LogP contribution in [0.2, 0.25) is 5.02 Å². The molecule has 7 nitrogen and oxygen atoms in total. The van der Waals surface area contributed by atoms with Gasteiger partial charge >= 0.3 is 0 Å². The number of hydrogen-bond donors (Lipinski definition) is 0. The largest absolute Gasteiger partial charge is 0.484 e. The van der Waals surface area contributed by atoms with Crippen LogP contribution < -0.4 is 4.74 Å². The topological polar surface area (TPSA) is 75.9 Å². The van der Waals surface area contributed by atoms with Gasteiger partial charge in [-0.1, -0.05) is 23.7 Å². The number of benzene rings is 2. The highest BCUT2D eigenvalue weighted by Gasteiger charge is 2.21. The van der Waals surface area contributed by atoms with Crippen molar-refractivity contribution in [2.24, 2.45) is 0 Å². The zero-order valence-corrected chi connectivity index (χ0v) is 15.5. The number of rotatable bonds is 6. The maximum Gasteiger partial charge on any atom is 0.269 e. The number of carbonyl (C=O) groups excluding carboxylic acids is 1. The average molecular weight is 390 g/mol. The summed E-state index contributed by atoms with van der Waals surface area (Å²) in [5.74, 6) is 0.356. The molecule has 0 bridgehead atoms. The summed E-state index contributed by atoms with van der Waals surface area (Å²) in [6.07, 6.45) is 0. The Morgan fingerprint density at radius 1 is 1.04 bits per heavy atom. The number of ether oxygens (including phenoxy) is 1. The lowest BCUT2D eigenvalue weighted by molar-refractivity contribution is -0.384. The highest BCUT2D eigenvalue weighted by atomic mass is 35.5. The number of nitro benzene ring substituents is 1. The Morgan fingerprint density at radius 3 is 2.26 bits per heavy atom. The van der Waals surface area contributed by atoms with Gasteiger partial charge in [0.1, 0.15) is 5.75 Å². The molecule has 0 radical (unpaired) electrons. The maximum atomic E-state index is 12.3. The van der Waals surface area contributed by atoms with Crippen LogP contribution in [0, 0.1) is 10.1 Å². The van der Waals surface area contributed by atoms with Crippen LogP contribution in [0.4, 0.5) is 5.69 Å². The van der Waals surface area contributed by atoms with Crippen LogP contribution in [0.1, 0.15) is 5.56 Å². The first kappa shape index (κ1) is 19.1. The normalized spacial score (nSPS) is 14.8. The molecule has 0 spiro atoms. The first-order valence-electron chi connectivity index (χ1n) is 8.63. The number of nitro groups is 1. The molecule has 1 fully saturated rings. The van der Waals surface area contributed by atoms with Crippen molar-refractivity contribution in [2.75, 3.05) is 32.8 Å². The zero-order valence-electron chi connectivity index (χ0n) is 14.7. The summed E-state index contributed by atoms with van der Waals surface area (Å²) in [7, 11) is 0. The van der Waals surface area contributed by atoms with E-state index in [1.807, 2.05) is 24.3 Å². The van der Waals surface area contributed by atoms with Crippen LogP contribution >= 0.6 is 11.6 Å². The van der Waals surface area contributed by atoms with Gasteiger partial charge in [0.2, 0.25) is 0 Å². The predicted octanol–water partition coefficient (Wildman–Crippen LogP) is 2.97. The summed E-state index contributed by atoms with van der Waals surface area (Å²) in [4.78, 5) is 26.5. The summed E-state index contributed by atoms with van der Waals surface area (Å²) < 4.78 is 5.45. The van der Waals surface area contributed by atoms with E-state index in [9.17, 15) is 14.9 Å². The Hall–Kier alpha value is -2.64. The van der Waals surface area contributed by atoms with Crippen LogP contribution in [-0.4, -0.2) is 53.4 Å². The fourth-order valence-corrected chi connectivity index (χ4v) is 3.03. The van der Waals surface area contributed by atoms with Crippen LogP contribution in [0.25, 0.3) is 0 Å². The molecule has 8 heteroatoms. The maximum absolute atomic E-state index is 12.3. The van der Waals surface area contributed by atoms with E-state index in [4.69, 9.17) is 16.3 Å². The fourth-order valence-electron chi connectivity index (χ4n) is 2.90. The first-order chi connectivity index (χ1) is 13.0. The number of piperazine rings is 1. The number of halogens is 1. The second-order valence-electron chi connectivity index (χ2n) is 6.32. The van der Waals surface area contributed by atoms with Crippen molar-refractivity contribution in [3.63, 3.8) is 0 Å². The Morgan fingerprint density at radius 2 is 1.67 bits per heavy atom. The molecular formula is C19H20ClN3O4. The van der Waals surface area contributed by atoms with Gasteiger partial charge in [0.25, 0.3) is 11.6 Å². The van der Waals surface area contributed by atoms with Crippen molar-refractivity contribution in [1.29, 1.82) is 0 Å². The zero-order chi connectivity index (χ0) is 19.2. The molecule has 0 aliphatic carbocycles. The molecule has 2 aromatic rings. The van der Waals surface area contributed by atoms with Gasteiger partial charge in [-0.2, -0.15) is 0 Å². The molecule has 1 aliphatic heterocycles. The Kier molecular flexibility index (Phi) is 6.26. The number of carbonyl (C=O) groups is 1. The van der Waals surface area contributed by atoms with E-state index in [0.717, 1.165) is 24.7 Å². The number of non-ortho nitro benzene ring substituents is 1. The van der Waals surface area contributed by atoms with E-state index < -0.39 is 4.92 Å². The third-order valence-corrected chi connectivity index (χ3v) is 4.71. The Labute approximate surface area is 162 Å². The van der Waals surface area contributed by atoms with E-state index in [-0.39, 0.29) is 18.2 Å². The second kappa shape index (κ2) is 8.83. The fraction of sp³-hybridized carbons (Fsp3) is 0.316. The van der Waals surface area contributed by atoms with Crippen LogP contribution in [0.5, 0.6) is 5.75 Å². The van der Waals surface area contributed by atoms with Gasteiger partial charge in [0.15, 0.2) is 6.61 Å². The lowest BCUT2D eigenvalue weighted by atomic mass is 10.2. The molecule has 142 valence electrons. The molecule has 0 unspecified atom stereocenters. The van der Waals surface area contributed by atoms with E-state index >= 15 is 0 Å². The van der Waals surface area contributed by atoms with Gasteiger partial charge < -0.3 is 9.64 Å². The quantitative estimate of drug-likeness (QED) is 0.560. The van der Waals surface area contributed by atoms with Crippen LogP contribution in [0.3, 0.4) is 0 Å². The molecule has 0 N–H and O–H groups in total. The third-order valence-electron chi connectivity index (χ3n) is 4.45. The summed E-state index contributed by atoms with van der Waals surface area (Å²) in [6, 6.07) is 13.5. The lowest BCUT2D eigenvalue weighted by Crippen LogP contribution is -2.49. The minimum Gasteiger partial charge on any atom is -0.484 e. The van der Waals surface area contributed by atoms with Crippen molar-refractivity contribution < 1.29 is 14.5 Å². The predicted molar refractivity (Wildman–Crippen MR) is 102 cm³/mol. The van der Waals surface area contributed by atoms with Gasteiger partial charge in [0.05, 0.1) is 4.92 Å². The van der Waals surface area contributed by atoms with E-state index in [1.165, 1.54) is 29.8 Å². The minimum atomic E-state index is -0.474. The molecule has 1 aliphatic rings. The van der Waals surface area contributed by atoms with Gasteiger partial charge in [0, 0.05) is 49.9 Å². The molecule has 2 aromatic carbocycles. The molecule has 0 aromatic heterocycles. The SMILES string of the molecule is O=C(COc1ccc([N+](=O)[O-])cc1)N1CCN(Cc2ccc(Cl)cc2)CC1. The van der Waals surface area contributed by atoms with E-state index in [0.29, 0.717) is 18.8 Å². The summed E-state index contributed by atoms with van der Waals surface area (Å²) in [5.41, 5.74) is 1.19. The monoisotopic (exact) mass is 389 g/mol. The standard InChI is InChI=1S/C19H20ClN3O4/c20-16-3-1-15(2-4-16)13-21-9-11-22(12-10-21)19(24)14-27-18-7-5-17(6-8-18)23(25)26/h1-8H,9-14H2. The van der Waals surface area contributed by atoms with Crippen molar-refractivity contribution in [3.05, 3.63) is 69.2 Å². The average Bonchev–Trinajstić information content (AvgIpc) is 2.69. The highest BCUT2D eigenvalue weighted by Crippen LogP contribution is 2.17. The third kappa shape index (κ3) is 5.42. The number of hydrogen-bond acceptors (Lipinski definition) is 5. The van der Waals surface area contributed by atoms with Crippen molar-refractivity contribution >= 4 is 23.2 Å². The summed E-state index contributed by atoms with van der Waals surface area (Å²) in [6.45, 7) is 3.65. The first-order valence-corrected chi connectivity index (χ1v) is 9.01. The molecule has 1 heterocycles. The van der Waals surface area contributed by atoms with Crippen molar-refractivity contribution in [1.82, 2.24) is 9.80 Å². The Balaban J connectivity index is 1.42. The molecule has 1 amide bonds. The second-order valence-corrected chi connectivity index (χ2v) is 6.76.